The van der Waals surface area contributed by atoms with Crippen molar-refractivity contribution in [3.8, 4) is 0 Å². The lowest BCUT2D eigenvalue weighted by Crippen LogP contribution is -2.20. The predicted molar refractivity (Wildman–Crippen MR) is 160 cm³/mol. The minimum atomic E-state index is -1.02. The first-order chi connectivity index (χ1) is 19.9. The third-order valence-corrected chi connectivity index (χ3v) is 7.17. The molecule has 0 saturated heterocycles. The number of rotatable bonds is 7. The highest BCUT2D eigenvalue weighted by atomic mass is 35.5. The van der Waals surface area contributed by atoms with E-state index in [0.29, 0.717) is 39.3 Å². The summed E-state index contributed by atoms with van der Waals surface area (Å²) >= 11 is 12.0. The first kappa shape index (κ1) is 30.7. The Morgan fingerprint density at radius 1 is 1.14 bits per heavy atom. The molecule has 13 heteroatoms. The second-order valence-electron chi connectivity index (χ2n) is 9.57. The molecule has 1 aliphatic heterocycles. The average Bonchev–Trinajstić information content (AvgIpc) is 3.48. The fourth-order valence-corrected chi connectivity index (χ4v) is 5.16. The number of fused-ring (bicyclic) bond motifs is 1. The van der Waals surface area contributed by atoms with Gasteiger partial charge in [-0.25, -0.2) is 13.8 Å². The summed E-state index contributed by atoms with van der Waals surface area (Å²) in [7, 11) is 2.77. The summed E-state index contributed by atoms with van der Waals surface area (Å²) in [6.07, 6.45) is 1.50. The first-order valence-corrected chi connectivity index (χ1v) is 13.3. The van der Waals surface area contributed by atoms with Crippen LogP contribution in [0.4, 0.5) is 20.2 Å². The normalized spacial score (nSPS) is 15.2. The summed E-state index contributed by atoms with van der Waals surface area (Å²) in [5.74, 6) is -4.23. The molecule has 4 rings (SSSR count). The van der Waals surface area contributed by atoms with Crippen LogP contribution in [0.3, 0.4) is 0 Å². The largest absolute Gasteiger partial charge is 0.480 e. The monoisotopic (exact) mass is 617 g/mol. The van der Waals surface area contributed by atoms with Gasteiger partial charge in [-0.1, -0.05) is 43.1 Å². The average molecular weight is 618 g/mol. The molecule has 2 N–H and O–H groups in total. The van der Waals surface area contributed by atoms with Crippen molar-refractivity contribution in [1.29, 1.82) is 0 Å². The number of nitrogens with zero attached hydrogens (tertiary/aromatic N) is 3. The van der Waals surface area contributed by atoms with Crippen LogP contribution in [-0.4, -0.2) is 43.3 Å². The number of ether oxygens (including phenoxy) is 2. The van der Waals surface area contributed by atoms with Gasteiger partial charge in [0.1, 0.15) is 11.6 Å². The Labute approximate surface area is 250 Å². The molecule has 9 nitrogen and oxygen atoms in total. The Morgan fingerprint density at radius 2 is 1.86 bits per heavy atom. The van der Waals surface area contributed by atoms with Crippen molar-refractivity contribution in [3.05, 3.63) is 86.5 Å². The number of halogens is 4. The second kappa shape index (κ2) is 12.3. The van der Waals surface area contributed by atoms with Crippen molar-refractivity contribution in [2.75, 3.05) is 24.9 Å². The van der Waals surface area contributed by atoms with E-state index in [9.17, 15) is 18.4 Å². The van der Waals surface area contributed by atoms with Crippen molar-refractivity contribution in [2.45, 2.75) is 32.6 Å². The van der Waals surface area contributed by atoms with Gasteiger partial charge in [0, 0.05) is 34.2 Å². The van der Waals surface area contributed by atoms with Gasteiger partial charge in [-0.05, 0) is 43.3 Å². The summed E-state index contributed by atoms with van der Waals surface area (Å²) in [5.41, 5.74) is 2.17. The van der Waals surface area contributed by atoms with Gasteiger partial charge in [0.25, 0.3) is 5.91 Å². The Hall–Kier alpha value is -4.22. The van der Waals surface area contributed by atoms with Crippen molar-refractivity contribution in [2.24, 2.45) is 9.98 Å². The summed E-state index contributed by atoms with van der Waals surface area (Å²) in [6, 6.07) is 6.45. The lowest BCUT2D eigenvalue weighted by molar-refractivity contribution is -0.116. The van der Waals surface area contributed by atoms with Crippen LogP contribution in [0.5, 0.6) is 0 Å². The van der Waals surface area contributed by atoms with Crippen molar-refractivity contribution < 1.29 is 27.8 Å². The fraction of sp³-hybridized carbons (Fsp3) is 0.241. The molecule has 2 aromatic carbocycles. The number of benzene rings is 2. The maximum absolute atomic E-state index is 14.6. The zero-order chi connectivity index (χ0) is 30.9. The summed E-state index contributed by atoms with van der Waals surface area (Å²) in [5, 5.41) is 5.34. The topological polar surface area (TPSA) is 106 Å². The van der Waals surface area contributed by atoms with Crippen LogP contribution in [0.25, 0.3) is 5.70 Å². The number of aliphatic imine (C=N–C) groups is 2. The Morgan fingerprint density at radius 3 is 2.48 bits per heavy atom. The third-order valence-electron chi connectivity index (χ3n) is 6.65. The van der Waals surface area contributed by atoms with Crippen molar-refractivity contribution in [3.63, 3.8) is 0 Å². The van der Waals surface area contributed by atoms with Crippen LogP contribution < -0.4 is 10.6 Å². The highest BCUT2D eigenvalue weighted by molar-refractivity contribution is 6.31. The molecule has 0 fully saturated rings. The van der Waals surface area contributed by atoms with E-state index in [1.807, 2.05) is 13.8 Å². The molecule has 2 amide bonds. The van der Waals surface area contributed by atoms with Gasteiger partial charge >= 0.3 is 6.02 Å². The smallest absolute Gasteiger partial charge is 0.318 e. The van der Waals surface area contributed by atoms with E-state index in [1.165, 1.54) is 20.4 Å². The van der Waals surface area contributed by atoms with Gasteiger partial charge in [0.15, 0.2) is 0 Å². The van der Waals surface area contributed by atoms with E-state index < -0.39 is 23.5 Å². The number of amides is 2. The highest BCUT2D eigenvalue weighted by Crippen LogP contribution is 2.44. The Bertz CT molecular complexity index is 1670. The van der Waals surface area contributed by atoms with E-state index in [4.69, 9.17) is 32.7 Å². The van der Waals surface area contributed by atoms with E-state index in [0.717, 1.165) is 6.07 Å². The van der Waals surface area contributed by atoms with Crippen LogP contribution in [0, 0.1) is 11.6 Å². The minimum absolute atomic E-state index is 0.0501. The van der Waals surface area contributed by atoms with Crippen LogP contribution in [-0.2, 0) is 14.3 Å². The summed E-state index contributed by atoms with van der Waals surface area (Å²) < 4.78 is 40.7. The second-order valence-corrected chi connectivity index (χ2v) is 10.4. The summed E-state index contributed by atoms with van der Waals surface area (Å²) in [6.45, 7) is 8.90. The quantitative estimate of drug-likeness (QED) is 0.128. The molecule has 2 heterocycles. The van der Waals surface area contributed by atoms with Gasteiger partial charge in [-0.3, -0.25) is 9.59 Å². The maximum atomic E-state index is 14.6. The van der Waals surface area contributed by atoms with Crippen molar-refractivity contribution >= 4 is 64.8 Å². The van der Waals surface area contributed by atoms with E-state index in [2.05, 4.69) is 27.3 Å². The zero-order valence-electron chi connectivity index (χ0n) is 23.3. The van der Waals surface area contributed by atoms with Crippen LogP contribution in [0.1, 0.15) is 59.8 Å². The van der Waals surface area contributed by atoms with Gasteiger partial charge in [0.2, 0.25) is 11.8 Å². The van der Waals surface area contributed by atoms with E-state index >= 15 is 0 Å². The molecule has 220 valence electrons. The number of allylic oxidation sites excluding steroid dienone is 1. The van der Waals surface area contributed by atoms with Crippen LogP contribution >= 0.6 is 23.2 Å². The molecule has 3 aromatic rings. The molecule has 0 radical (unpaired) electrons. The van der Waals surface area contributed by atoms with Gasteiger partial charge in [-0.15, -0.1) is 0 Å². The Balaban J connectivity index is 2.01. The predicted octanol–water partition coefficient (Wildman–Crippen LogP) is 7.03. The number of nitrogens with one attached hydrogen (secondary N) is 2. The number of carbonyl (C=O) groups excluding carboxylic acids is 2. The maximum Gasteiger partial charge on any atom is 0.318 e. The van der Waals surface area contributed by atoms with Gasteiger partial charge in [0.05, 0.1) is 42.1 Å². The number of hydrogen-bond acceptors (Lipinski definition) is 5. The molecule has 0 saturated carbocycles. The molecular formula is C29H27Cl2F2N5O4. The first-order valence-electron chi connectivity index (χ1n) is 12.6. The molecule has 42 heavy (non-hydrogen) atoms. The molecule has 1 aliphatic rings. The molecule has 0 bridgehead atoms. The number of methoxy groups -OCH3 is 2. The molecule has 1 unspecified atom stereocenters. The fourth-order valence-electron chi connectivity index (χ4n) is 4.83. The lowest BCUT2D eigenvalue weighted by atomic mass is 9.87. The third kappa shape index (κ3) is 5.75. The van der Waals surface area contributed by atoms with Crippen LogP contribution in [0.15, 0.2) is 52.4 Å². The Kier molecular flexibility index (Phi) is 9.03. The van der Waals surface area contributed by atoms with E-state index in [1.54, 1.807) is 29.7 Å². The number of aromatic nitrogens is 1. The standard InChI is InChI=1S/C29H27Cl2F2N5O4/c1-13(2)25-23(24-16-8-7-15(30)9-21(16)35-27(24)40)17(26(39)36-22-10-18(31)19(32)11-20(22)33)12-38(25)14(3)28(41-5)37-29(34-4)42-6/h7-13,24H,4H2,1-3,5-6H3,(H,35,40)(H,36,39)/b28-14-,37-29+. The summed E-state index contributed by atoms with van der Waals surface area (Å²) in [4.78, 5) is 35.3. The number of hydrogen-bond donors (Lipinski definition) is 2. The molecule has 1 aromatic heterocycles. The van der Waals surface area contributed by atoms with Crippen LogP contribution in [0.2, 0.25) is 10.0 Å². The molecular weight excluding hydrogens is 591 g/mol. The SMILES string of the molecule is C=N/C(=N\C(OC)=C(/C)n1cc(C(=O)Nc2cc(Cl)c(F)cc2F)c(C2C(=O)Nc3cc(Cl)ccc32)c1C(C)C)OC. The van der Waals surface area contributed by atoms with E-state index in [-0.39, 0.29) is 40.0 Å². The number of anilines is 2. The lowest BCUT2D eigenvalue weighted by Gasteiger charge is -2.19. The zero-order valence-corrected chi connectivity index (χ0v) is 24.8. The number of carbonyl (C=O) groups is 2. The highest BCUT2D eigenvalue weighted by Gasteiger charge is 2.39. The minimum Gasteiger partial charge on any atom is -0.480 e. The van der Waals surface area contributed by atoms with Crippen molar-refractivity contribution in [1.82, 2.24) is 4.57 Å². The molecule has 0 aliphatic carbocycles. The number of amidine groups is 1. The molecule has 1 atom stereocenters. The van der Waals surface area contributed by atoms with Gasteiger partial charge < -0.3 is 24.7 Å². The molecule has 0 spiro atoms. The van der Waals surface area contributed by atoms with Gasteiger partial charge in [-0.2, -0.15) is 4.99 Å².